The van der Waals surface area contributed by atoms with E-state index in [9.17, 15) is 18.0 Å². The molecule has 0 aromatic heterocycles. The van der Waals surface area contributed by atoms with Crippen molar-refractivity contribution in [2.75, 3.05) is 18.0 Å². The Kier molecular flexibility index (Phi) is 10.7. The van der Waals surface area contributed by atoms with Gasteiger partial charge in [-0.15, -0.1) is 0 Å². The van der Waals surface area contributed by atoms with E-state index in [-0.39, 0.29) is 29.5 Å². The van der Waals surface area contributed by atoms with E-state index < -0.39 is 34.1 Å². The Morgan fingerprint density at radius 1 is 0.822 bits per heavy atom. The number of ether oxygens (including phenoxy) is 1. The predicted molar refractivity (Wildman–Crippen MR) is 178 cm³/mol. The smallest absolute Gasteiger partial charge is 0.264 e. The first-order chi connectivity index (χ1) is 21.4. The number of benzene rings is 4. The maximum Gasteiger partial charge on any atom is 0.264 e. The first-order valence-corrected chi connectivity index (χ1v) is 16.2. The lowest BCUT2D eigenvalue weighted by molar-refractivity contribution is -0.140. The molecule has 0 bridgehead atoms. The van der Waals surface area contributed by atoms with Crippen LogP contribution < -0.4 is 14.4 Å². The molecular formula is C36H41N3O5S. The normalized spacial score (nSPS) is 12.2. The van der Waals surface area contributed by atoms with Gasteiger partial charge in [0.25, 0.3) is 10.0 Å². The van der Waals surface area contributed by atoms with E-state index >= 15 is 0 Å². The van der Waals surface area contributed by atoms with Crippen molar-refractivity contribution in [2.45, 2.75) is 57.1 Å². The molecule has 236 valence electrons. The number of carbonyl (C=O) groups excluding carboxylic acids is 2. The van der Waals surface area contributed by atoms with Gasteiger partial charge in [0, 0.05) is 24.6 Å². The highest BCUT2D eigenvalue weighted by Gasteiger charge is 2.35. The van der Waals surface area contributed by atoms with Crippen LogP contribution in [0.15, 0.2) is 114 Å². The molecule has 2 amide bonds. The lowest BCUT2D eigenvalue weighted by Crippen LogP contribution is -2.56. The largest absolute Gasteiger partial charge is 0.497 e. The molecule has 4 rings (SSSR count). The van der Waals surface area contributed by atoms with Gasteiger partial charge in [0.05, 0.1) is 17.7 Å². The van der Waals surface area contributed by atoms with Crippen molar-refractivity contribution in [2.24, 2.45) is 0 Å². The quantitative estimate of drug-likeness (QED) is 0.216. The molecule has 1 atom stereocenters. The minimum absolute atomic E-state index is 0.0460. The molecule has 0 saturated heterocycles. The van der Waals surface area contributed by atoms with Crippen LogP contribution in [-0.2, 0) is 32.6 Å². The fourth-order valence-corrected chi connectivity index (χ4v) is 6.32. The van der Waals surface area contributed by atoms with Crippen molar-refractivity contribution < 1.29 is 22.7 Å². The topological polar surface area (TPSA) is 96.0 Å². The summed E-state index contributed by atoms with van der Waals surface area (Å²) in [6.07, 6.45) is 0.241. The molecule has 45 heavy (non-hydrogen) atoms. The third-order valence-corrected chi connectivity index (χ3v) is 8.98. The van der Waals surface area contributed by atoms with Gasteiger partial charge >= 0.3 is 0 Å². The number of anilines is 1. The second kappa shape index (κ2) is 14.4. The van der Waals surface area contributed by atoms with Crippen LogP contribution in [0.1, 0.15) is 37.5 Å². The van der Waals surface area contributed by atoms with Crippen LogP contribution in [0.2, 0.25) is 0 Å². The molecule has 4 aromatic rings. The molecule has 0 aliphatic carbocycles. The van der Waals surface area contributed by atoms with Crippen molar-refractivity contribution in [1.29, 1.82) is 0 Å². The summed E-state index contributed by atoms with van der Waals surface area (Å²) in [6.45, 7) is 7.08. The van der Waals surface area contributed by atoms with E-state index in [0.29, 0.717) is 5.75 Å². The van der Waals surface area contributed by atoms with Crippen molar-refractivity contribution in [1.82, 2.24) is 10.2 Å². The molecule has 0 fully saturated rings. The average molecular weight is 628 g/mol. The number of sulfonamides is 1. The molecule has 0 radical (unpaired) electrons. The van der Waals surface area contributed by atoms with E-state index in [0.717, 1.165) is 21.0 Å². The predicted octanol–water partition coefficient (Wildman–Crippen LogP) is 5.75. The maximum atomic E-state index is 14.5. The molecule has 0 unspecified atom stereocenters. The van der Waals surface area contributed by atoms with E-state index in [1.807, 2.05) is 88.4 Å². The molecule has 4 aromatic carbocycles. The summed E-state index contributed by atoms with van der Waals surface area (Å²) < 4.78 is 34.8. The van der Waals surface area contributed by atoms with E-state index in [1.165, 1.54) is 24.1 Å². The summed E-state index contributed by atoms with van der Waals surface area (Å²) in [6, 6.07) is 31.0. The monoisotopic (exact) mass is 627 g/mol. The number of nitrogens with one attached hydrogen (secondary N) is 1. The van der Waals surface area contributed by atoms with E-state index in [2.05, 4.69) is 5.32 Å². The molecule has 9 heteroatoms. The third kappa shape index (κ3) is 8.95. The SMILES string of the molecule is COc1cccc(N(CC(=O)N(Cc2ccccc2)[C@H](Cc2ccccc2)C(=O)NC(C)(C)C)S(=O)(=O)c2ccc(C)cc2)c1. The van der Waals surface area contributed by atoms with Crippen LogP contribution in [0.5, 0.6) is 5.75 Å². The average Bonchev–Trinajstić information content (AvgIpc) is 3.01. The van der Waals surface area contributed by atoms with Crippen LogP contribution in [0.4, 0.5) is 5.69 Å². The second-order valence-corrected chi connectivity index (χ2v) is 13.8. The van der Waals surface area contributed by atoms with Crippen molar-refractivity contribution in [3.05, 3.63) is 126 Å². The zero-order valence-corrected chi connectivity index (χ0v) is 27.3. The number of hydrogen-bond donors (Lipinski definition) is 1. The van der Waals surface area contributed by atoms with Gasteiger partial charge in [0.1, 0.15) is 18.3 Å². The number of nitrogens with zero attached hydrogens (tertiary/aromatic N) is 2. The molecular weight excluding hydrogens is 586 g/mol. The van der Waals surface area contributed by atoms with Crippen molar-refractivity contribution in [3.8, 4) is 5.75 Å². The third-order valence-electron chi connectivity index (χ3n) is 7.19. The Labute approximate surface area is 266 Å². The Hall–Kier alpha value is -4.63. The standard InChI is InChI=1S/C36H41N3O5S/c1-27-19-21-32(22-20-27)45(42,43)39(30-17-12-18-31(24-30)44-5)26-34(40)38(25-29-15-10-7-11-16-29)33(35(41)37-36(2,3)4)23-28-13-8-6-9-14-28/h6-22,24,33H,23,25-26H2,1-5H3,(H,37,41)/t33-/m1/s1. The van der Waals surface area contributed by atoms with Crippen molar-refractivity contribution >= 4 is 27.5 Å². The van der Waals surface area contributed by atoms with Gasteiger partial charge < -0.3 is 15.0 Å². The highest BCUT2D eigenvalue weighted by Crippen LogP contribution is 2.28. The van der Waals surface area contributed by atoms with Gasteiger partial charge in [-0.05, 0) is 63.1 Å². The number of methoxy groups -OCH3 is 1. The number of hydrogen-bond acceptors (Lipinski definition) is 5. The van der Waals surface area contributed by atoms with Crippen LogP contribution in [0.25, 0.3) is 0 Å². The zero-order valence-electron chi connectivity index (χ0n) is 26.4. The van der Waals surface area contributed by atoms with Gasteiger partial charge in [-0.2, -0.15) is 0 Å². The number of rotatable bonds is 12. The highest BCUT2D eigenvalue weighted by molar-refractivity contribution is 7.92. The number of amides is 2. The lowest BCUT2D eigenvalue weighted by atomic mass is 10.0. The first kappa shape index (κ1) is 33.3. The maximum absolute atomic E-state index is 14.5. The Bertz CT molecular complexity index is 1690. The fraction of sp³-hybridized carbons (Fsp3) is 0.278. The molecule has 1 N–H and O–H groups in total. The molecule has 8 nitrogen and oxygen atoms in total. The van der Waals surface area contributed by atoms with E-state index in [1.54, 1.807) is 36.4 Å². The van der Waals surface area contributed by atoms with Gasteiger partial charge in [-0.25, -0.2) is 8.42 Å². The molecule has 0 aliphatic heterocycles. The van der Waals surface area contributed by atoms with Gasteiger partial charge in [0.15, 0.2) is 0 Å². The number of aryl methyl sites for hydroxylation is 1. The molecule has 0 heterocycles. The highest BCUT2D eigenvalue weighted by atomic mass is 32.2. The minimum Gasteiger partial charge on any atom is -0.497 e. The van der Waals surface area contributed by atoms with Crippen molar-refractivity contribution in [3.63, 3.8) is 0 Å². The van der Waals surface area contributed by atoms with E-state index in [4.69, 9.17) is 4.74 Å². The van der Waals surface area contributed by atoms with Crippen LogP contribution in [0, 0.1) is 6.92 Å². The lowest BCUT2D eigenvalue weighted by Gasteiger charge is -2.35. The summed E-state index contributed by atoms with van der Waals surface area (Å²) >= 11 is 0. The molecule has 0 saturated carbocycles. The molecule has 0 aliphatic rings. The minimum atomic E-state index is -4.20. The molecule has 0 spiro atoms. The van der Waals surface area contributed by atoms with Gasteiger partial charge in [0.2, 0.25) is 11.8 Å². The summed E-state index contributed by atoms with van der Waals surface area (Å²) in [4.78, 5) is 30.0. The van der Waals surface area contributed by atoms with Crippen LogP contribution in [-0.4, -0.2) is 50.4 Å². The zero-order chi connectivity index (χ0) is 32.6. The Balaban J connectivity index is 1.82. The summed E-state index contributed by atoms with van der Waals surface area (Å²) in [5, 5.41) is 3.04. The van der Waals surface area contributed by atoms with Crippen LogP contribution >= 0.6 is 0 Å². The summed E-state index contributed by atoms with van der Waals surface area (Å²) in [5.74, 6) is -0.413. The summed E-state index contributed by atoms with van der Waals surface area (Å²) in [7, 11) is -2.71. The number of carbonyl (C=O) groups is 2. The van der Waals surface area contributed by atoms with Gasteiger partial charge in [-0.1, -0.05) is 84.4 Å². The van der Waals surface area contributed by atoms with Gasteiger partial charge in [-0.3, -0.25) is 13.9 Å². The summed E-state index contributed by atoms with van der Waals surface area (Å²) in [5.41, 5.74) is 2.29. The van der Waals surface area contributed by atoms with Crippen LogP contribution in [0.3, 0.4) is 0 Å². The Morgan fingerprint density at radius 3 is 2.00 bits per heavy atom. The fourth-order valence-electron chi connectivity index (χ4n) is 4.92. The Morgan fingerprint density at radius 2 is 1.42 bits per heavy atom. The first-order valence-electron chi connectivity index (χ1n) is 14.8. The second-order valence-electron chi connectivity index (χ2n) is 12.0.